The Morgan fingerprint density at radius 3 is 2.58 bits per heavy atom. The van der Waals surface area contributed by atoms with Gasteiger partial charge in [-0.3, -0.25) is 10.1 Å². The Morgan fingerprint density at radius 2 is 1.84 bits per heavy atom. The van der Waals surface area contributed by atoms with Crippen LogP contribution in [0.5, 0.6) is 5.75 Å². The predicted molar refractivity (Wildman–Crippen MR) is 120 cm³/mol. The summed E-state index contributed by atoms with van der Waals surface area (Å²) in [7, 11) is 1.63. The zero-order chi connectivity index (χ0) is 21.6. The van der Waals surface area contributed by atoms with Crippen LogP contribution in [0.1, 0.15) is 31.2 Å². The minimum atomic E-state index is -0.272. The molecule has 1 saturated carbocycles. The first-order valence-corrected chi connectivity index (χ1v) is 10.9. The summed E-state index contributed by atoms with van der Waals surface area (Å²) in [4.78, 5) is 27.5. The molecule has 4 rings (SSSR count). The van der Waals surface area contributed by atoms with E-state index in [9.17, 15) is 9.59 Å². The third kappa shape index (κ3) is 5.35. The molecule has 1 aliphatic carbocycles. The molecule has 2 aromatic carbocycles. The molecule has 2 aliphatic rings. The summed E-state index contributed by atoms with van der Waals surface area (Å²) in [5, 5.41) is 9.61. The normalized spacial score (nSPS) is 22.7. The lowest BCUT2D eigenvalue weighted by Crippen LogP contribution is -2.65. The Labute approximate surface area is 183 Å². The number of benzene rings is 2. The number of anilines is 1. The maximum absolute atomic E-state index is 13.1. The van der Waals surface area contributed by atoms with Gasteiger partial charge in [0.25, 0.3) is 0 Å². The SMILES string of the molecule is COc1ccc(CN(CC2NC(=O)C3CCCCC3N2)C(=O)Nc2ccccc2)cc1. The minimum absolute atomic E-state index is 0.0400. The van der Waals surface area contributed by atoms with Crippen molar-refractivity contribution in [2.45, 2.75) is 44.4 Å². The lowest BCUT2D eigenvalue weighted by molar-refractivity contribution is -0.131. The van der Waals surface area contributed by atoms with Crippen LogP contribution >= 0.6 is 0 Å². The molecule has 3 amide bonds. The van der Waals surface area contributed by atoms with Crippen LogP contribution in [0, 0.1) is 5.92 Å². The van der Waals surface area contributed by atoms with Crippen molar-refractivity contribution in [3.05, 3.63) is 60.2 Å². The monoisotopic (exact) mass is 422 g/mol. The third-order valence-corrected chi connectivity index (χ3v) is 6.08. The number of para-hydroxylation sites is 1. The van der Waals surface area contributed by atoms with Gasteiger partial charge in [0.1, 0.15) is 5.75 Å². The number of methoxy groups -OCH3 is 1. The largest absolute Gasteiger partial charge is 0.497 e. The molecule has 3 atom stereocenters. The number of fused-ring (bicyclic) bond motifs is 1. The highest BCUT2D eigenvalue weighted by atomic mass is 16.5. The number of nitrogens with zero attached hydrogens (tertiary/aromatic N) is 1. The first-order valence-electron chi connectivity index (χ1n) is 10.9. The van der Waals surface area contributed by atoms with E-state index < -0.39 is 0 Å². The number of carbonyl (C=O) groups is 2. The van der Waals surface area contributed by atoms with Crippen LogP contribution in [-0.4, -0.2) is 42.7 Å². The zero-order valence-electron chi connectivity index (χ0n) is 17.8. The highest BCUT2D eigenvalue weighted by molar-refractivity contribution is 5.89. The lowest BCUT2D eigenvalue weighted by atomic mass is 9.82. The summed E-state index contributed by atoms with van der Waals surface area (Å²) in [6, 6.07) is 17.0. The molecule has 0 bridgehead atoms. The molecule has 3 N–H and O–H groups in total. The summed E-state index contributed by atoms with van der Waals surface area (Å²) in [5.41, 5.74) is 1.72. The molecule has 7 heteroatoms. The average Bonchev–Trinajstić information content (AvgIpc) is 2.80. The van der Waals surface area contributed by atoms with Crippen LogP contribution in [0.3, 0.4) is 0 Å². The molecular weight excluding hydrogens is 392 g/mol. The van der Waals surface area contributed by atoms with Crippen molar-refractivity contribution in [3.8, 4) is 5.75 Å². The van der Waals surface area contributed by atoms with Gasteiger partial charge in [0, 0.05) is 18.3 Å². The van der Waals surface area contributed by atoms with Crippen LogP contribution in [0.25, 0.3) is 0 Å². The molecule has 7 nitrogen and oxygen atoms in total. The van der Waals surface area contributed by atoms with Crippen LogP contribution in [-0.2, 0) is 11.3 Å². The van der Waals surface area contributed by atoms with Crippen molar-refractivity contribution in [3.63, 3.8) is 0 Å². The van der Waals surface area contributed by atoms with Crippen molar-refractivity contribution in [1.29, 1.82) is 0 Å². The second-order valence-electron chi connectivity index (χ2n) is 8.25. The Bertz CT molecular complexity index is 887. The third-order valence-electron chi connectivity index (χ3n) is 6.08. The quantitative estimate of drug-likeness (QED) is 0.667. The number of rotatable bonds is 6. The van der Waals surface area contributed by atoms with Crippen molar-refractivity contribution in [1.82, 2.24) is 15.5 Å². The van der Waals surface area contributed by atoms with Crippen LogP contribution in [0.2, 0.25) is 0 Å². The lowest BCUT2D eigenvalue weighted by Gasteiger charge is -2.41. The van der Waals surface area contributed by atoms with Crippen LogP contribution in [0.4, 0.5) is 10.5 Å². The van der Waals surface area contributed by atoms with Gasteiger partial charge in [-0.1, -0.05) is 43.2 Å². The molecule has 0 aromatic heterocycles. The van der Waals surface area contributed by atoms with Gasteiger partial charge in [0.15, 0.2) is 0 Å². The van der Waals surface area contributed by atoms with E-state index in [1.807, 2.05) is 54.6 Å². The fraction of sp³-hybridized carbons (Fsp3) is 0.417. The molecular formula is C24H30N4O3. The standard InChI is InChI=1S/C24H30N4O3/c1-31-19-13-11-17(12-14-19)15-28(24(30)25-18-7-3-2-4-8-18)16-22-26-21-10-6-5-9-20(21)23(29)27-22/h2-4,7-8,11-14,20-22,26H,5-6,9-10,15-16H2,1H3,(H,25,30)(H,27,29). The van der Waals surface area contributed by atoms with E-state index in [0.29, 0.717) is 13.1 Å². The number of carbonyl (C=O) groups excluding carboxylic acids is 2. The molecule has 31 heavy (non-hydrogen) atoms. The molecule has 1 aliphatic heterocycles. The Kier molecular flexibility index (Phi) is 6.72. The van der Waals surface area contributed by atoms with Gasteiger partial charge < -0.3 is 20.3 Å². The van der Waals surface area contributed by atoms with Gasteiger partial charge in [-0.15, -0.1) is 0 Å². The van der Waals surface area contributed by atoms with E-state index >= 15 is 0 Å². The summed E-state index contributed by atoms with van der Waals surface area (Å²) >= 11 is 0. The second kappa shape index (κ2) is 9.83. The molecule has 1 heterocycles. The van der Waals surface area contributed by atoms with Gasteiger partial charge >= 0.3 is 6.03 Å². The highest BCUT2D eigenvalue weighted by Crippen LogP contribution is 2.27. The highest BCUT2D eigenvalue weighted by Gasteiger charge is 2.38. The van der Waals surface area contributed by atoms with E-state index in [1.54, 1.807) is 12.0 Å². The first-order chi connectivity index (χ1) is 15.1. The van der Waals surface area contributed by atoms with E-state index in [4.69, 9.17) is 4.74 Å². The molecule has 3 unspecified atom stereocenters. The van der Waals surface area contributed by atoms with Crippen LogP contribution in [0.15, 0.2) is 54.6 Å². The topological polar surface area (TPSA) is 82.7 Å². The average molecular weight is 423 g/mol. The Hall–Kier alpha value is -3.06. The number of nitrogens with one attached hydrogen (secondary N) is 3. The maximum Gasteiger partial charge on any atom is 0.322 e. The zero-order valence-corrected chi connectivity index (χ0v) is 17.8. The predicted octanol–water partition coefficient (Wildman–Crippen LogP) is 3.33. The molecule has 1 saturated heterocycles. The van der Waals surface area contributed by atoms with E-state index in [1.165, 1.54) is 0 Å². The van der Waals surface area contributed by atoms with Crippen molar-refractivity contribution in [2.24, 2.45) is 5.92 Å². The van der Waals surface area contributed by atoms with Gasteiger partial charge in [-0.2, -0.15) is 0 Å². The molecule has 2 aromatic rings. The smallest absolute Gasteiger partial charge is 0.322 e. The number of hydrogen-bond acceptors (Lipinski definition) is 4. The van der Waals surface area contributed by atoms with E-state index in [2.05, 4.69) is 16.0 Å². The van der Waals surface area contributed by atoms with Gasteiger partial charge in [-0.25, -0.2) is 4.79 Å². The van der Waals surface area contributed by atoms with Crippen molar-refractivity contribution < 1.29 is 14.3 Å². The summed E-state index contributed by atoms with van der Waals surface area (Å²) < 4.78 is 5.23. The number of ether oxygens (including phenoxy) is 1. The Balaban J connectivity index is 1.48. The number of amides is 3. The summed E-state index contributed by atoms with van der Waals surface area (Å²) in [5.74, 6) is 0.910. The number of urea groups is 1. The summed E-state index contributed by atoms with van der Waals surface area (Å²) in [6.07, 6.45) is 3.90. The van der Waals surface area contributed by atoms with Crippen molar-refractivity contribution >= 4 is 17.6 Å². The Morgan fingerprint density at radius 1 is 1.10 bits per heavy atom. The minimum Gasteiger partial charge on any atom is -0.497 e. The maximum atomic E-state index is 13.1. The fourth-order valence-electron chi connectivity index (χ4n) is 4.44. The van der Waals surface area contributed by atoms with Gasteiger partial charge in [0.05, 0.1) is 25.7 Å². The van der Waals surface area contributed by atoms with Gasteiger partial charge in [-0.05, 0) is 42.7 Å². The van der Waals surface area contributed by atoms with E-state index in [0.717, 1.165) is 42.7 Å². The molecule has 0 radical (unpaired) electrons. The summed E-state index contributed by atoms with van der Waals surface area (Å²) in [6.45, 7) is 0.796. The second-order valence-corrected chi connectivity index (χ2v) is 8.25. The molecule has 164 valence electrons. The van der Waals surface area contributed by atoms with Gasteiger partial charge in [0.2, 0.25) is 5.91 Å². The van der Waals surface area contributed by atoms with E-state index in [-0.39, 0.29) is 30.1 Å². The molecule has 0 spiro atoms. The van der Waals surface area contributed by atoms with Crippen molar-refractivity contribution in [2.75, 3.05) is 19.0 Å². The fourth-order valence-corrected chi connectivity index (χ4v) is 4.44. The number of hydrogen-bond donors (Lipinski definition) is 3. The first kappa shape index (κ1) is 21.2. The van der Waals surface area contributed by atoms with Crippen LogP contribution < -0.4 is 20.7 Å². The molecule has 2 fully saturated rings.